The maximum atomic E-state index is 10.6. The van der Waals surface area contributed by atoms with Crippen molar-refractivity contribution in [1.82, 2.24) is 0 Å². The van der Waals surface area contributed by atoms with E-state index < -0.39 is 0 Å². The summed E-state index contributed by atoms with van der Waals surface area (Å²) >= 11 is 0. The van der Waals surface area contributed by atoms with Crippen molar-refractivity contribution in [2.75, 3.05) is 18.0 Å². The molecule has 94 valence electrons. The second-order valence-electron chi connectivity index (χ2n) is 4.35. The summed E-state index contributed by atoms with van der Waals surface area (Å²) in [5.41, 5.74) is 1.96. The van der Waals surface area contributed by atoms with E-state index in [0.717, 1.165) is 24.9 Å². The average molecular weight is 233 g/mol. The van der Waals surface area contributed by atoms with Crippen LogP contribution in [0.25, 0.3) is 0 Å². The molecular weight excluding hydrogens is 210 g/mol. The Bertz CT molecular complexity index is 318. The van der Waals surface area contributed by atoms with E-state index in [1.165, 1.54) is 31.4 Å². The number of hydrogen-bond donors (Lipinski definition) is 0. The van der Waals surface area contributed by atoms with E-state index in [1.54, 1.807) is 0 Å². The van der Waals surface area contributed by atoms with Gasteiger partial charge in [-0.15, -0.1) is 0 Å². The van der Waals surface area contributed by atoms with E-state index in [9.17, 15) is 4.79 Å². The van der Waals surface area contributed by atoms with Gasteiger partial charge in [-0.25, -0.2) is 0 Å². The van der Waals surface area contributed by atoms with Crippen molar-refractivity contribution in [3.63, 3.8) is 0 Å². The molecule has 0 atom stereocenters. The van der Waals surface area contributed by atoms with Gasteiger partial charge in [0.1, 0.15) is 6.29 Å². The van der Waals surface area contributed by atoms with E-state index in [0.29, 0.717) is 0 Å². The minimum Gasteiger partial charge on any atom is -0.372 e. The molecule has 0 spiro atoms. The lowest BCUT2D eigenvalue weighted by molar-refractivity contribution is 0.112. The lowest BCUT2D eigenvalue weighted by Gasteiger charge is -2.23. The molecule has 2 nitrogen and oxygen atoms in total. The van der Waals surface area contributed by atoms with Crippen LogP contribution in [0.15, 0.2) is 24.3 Å². The molecule has 1 rings (SSSR count). The van der Waals surface area contributed by atoms with Gasteiger partial charge in [-0.3, -0.25) is 4.79 Å². The zero-order chi connectivity index (χ0) is 12.5. The number of aldehydes is 1. The molecule has 0 aromatic heterocycles. The summed E-state index contributed by atoms with van der Waals surface area (Å²) in [4.78, 5) is 13.0. The summed E-state index contributed by atoms with van der Waals surface area (Å²) in [7, 11) is 0. The van der Waals surface area contributed by atoms with Crippen LogP contribution in [0.1, 0.15) is 49.9 Å². The lowest BCUT2D eigenvalue weighted by Crippen LogP contribution is -2.23. The monoisotopic (exact) mass is 233 g/mol. The summed E-state index contributed by atoms with van der Waals surface area (Å²) in [6.07, 6.45) is 6.04. The first-order valence-electron chi connectivity index (χ1n) is 6.62. The number of unbranched alkanes of at least 4 members (excludes halogenated alkanes) is 3. The number of benzene rings is 1. The van der Waals surface area contributed by atoms with E-state index in [-0.39, 0.29) is 0 Å². The van der Waals surface area contributed by atoms with Crippen LogP contribution in [0, 0.1) is 0 Å². The predicted octanol–water partition coefficient (Wildman–Crippen LogP) is 3.91. The van der Waals surface area contributed by atoms with Crippen LogP contribution in [0.5, 0.6) is 0 Å². The SMILES string of the molecule is CCCCCCN(CC)c1ccc(C=O)cc1. The molecule has 0 bridgehead atoms. The standard InChI is InChI=1S/C15H23NO/c1-3-5-6-7-12-16(4-2)15-10-8-14(13-17)9-11-15/h8-11,13H,3-7,12H2,1-2H3. The Hall–Kier alpha value is -1.31. The minimum atomic E-state index is 0.746. The lowest BCUT2D eigenvalue weighted by atomic mass is 10.1. The summed E-state index contributed by atoms with van der Waals surface area (Å²) < 4.78 is 0. The molecule has 0 N–H and O–H groups in total. The van der Waals surface area contributed by atoms with E-state index in [4.69, 9.17) is 0 Å². The molecule has 0 saturated carbocycles. The number of hydrogen-bond acceptors (Lipinski definition) is 2. The molecule has 17 heavy (non-hydrogen) atoms. The Kier molecular flexibility index (Phi) is 6.38. The number of anilines is 1. The number of carbonyl (C=O) groups excluding carboxylic acids is 1. The molecule has 0 amide bonds. The Morgan fingerprint density at radius 2 is 1.76 bits per heavy atom. The Morgan fingerprint density at radius 1 is 1.06 bits per heavy atom. The zero-order valence-corrected chi connectivity index (χ0v) is 11.0. The van der Waals surface area contributed by atoms with Crippen molar-refractivity contribution in [2.45, 2.75) is 39.5 Å². The molecule has 0 heterocycles. The van der Waals surface area contributed by atoms with Gasteiger partial charge in [-0.2, -0.15) is 0 Å². The van der Waals surface area contributed by atoms with Gasteiger partial charge in [0, 0.05) is 24.3 Å². The molecule has 1 aromatic carbocycles. The summed E-state index contributed by atoms with van der Waals surface area (Å²) in [5, 5.41) is 0. The van der Waals surface area contributed by atoms with Gasteiger partial charge in [0.15, 0.2) is 0 Å². The highest BCUT2D eigenvalue weighted by molar-refractivity contribution is 5.75. The van der Waals surface area contributed by atoms with Gasteiger partial charge in [-0.05, 0) is 37.6 Å². The quantitative estimate of drug-likeness (QED) is 0.501. The van der Waals surface area contributed by atoms with E-state index in [2.05, 4.69) is 18.7 Å². The highest BCUT2D eigenvalue weighted by atomic mass is 16.1. The van der Waals surface area contributed by atoms with Crippen molar-refractivity contribution >= 4 is 12.0 Å². The van der Waals surface area contributed by atoms with Gasteiger partial charge in [0.25, 0.3) is 0 Å². The van der Waals surface area contributed by atoms with Crippen LogP contribution < -0.4 is 4.90 Å². The predicted molar refractivity (Wildman–Crippen MR) is 73.9 cm³/mol. The summed E-state index contributed by atoms with van der Waals surface area (Å²) in [6.45, 7) is 6.53. The molecular formula is C15H23NO. The summed E-state index contributed by atoms with van der Waals surface area (Å²) in [5.74, 6) is 0. The van der Waals surface area contributed by atoms with Crippen LogP contribution >= 0.6 is 0 Å². The van der Waals surface area contributed by atoms with Crippen molar-refractivity contribution in [3.05, 3.63) is 29.8 Å². The van der Waals surface area contributed by atoms with Crippen LogP contribution in [0.2, 0.25) is 0 Å². The second-order valence-corrected chi connectivity index (χ2v) is 4.35. The van der Waals surface area contributed by atoms with Crippen molar-refractivity contribution in [1.29, 1.82) is 0 Å². The molecule has 0 saturated heterocycles. The zero-order valence-electron chi connectivity index (χ0n) is 11.0. The first-order chi connectivity index (χ1) is 8.31. The first-order valence-corrected chi connectivity index (χ1v) is 6.62. The number of carbonyl (C=O) groups is 1. The highest BCUT2D eigenvalue weighted by Crippen LogP contribution is 2.15. The Balaban J connectivity index is 2.50. The first kappa shape index (κ1) is 13.8. The highest BCUT2D eigenvalue weighted by Gasteiger charge is 2.03. The van der Waals surface area contributed by atoms with Crippen LogP contribution in [0.4, 0.5) is 5.69 Å². The van der Waals surface area contributed by atoms with Crippen LogP contribution in [0.3, 0.4) is 0 Å². The largest absolute Gasteiger partial charge is 0.372 e. The maximum absolute atomic E-state index is 10.6. The number of rotatable bonds is 8. The average Bonchev–Trinajstić information content (AvgIpc) is 2.39. The fraction of sp³-hybridized carbons (Fsp3) is 0.533. The third-order valence-corrected chi connectivity index (χ3v) is 3.06. The van der Waals surface area contributed by atoms with E-state index >= 15 is 0 Å². The third-order valence-electron chi connectivity index (χ3n) is 3.06. The molecule has 2 heteroatoms. The van der Waals surface area contributed by atoms with Crippen molar-refractivity contribution in [2.24, 2.45) is 0 Å². The minimum absolute atomic E-state index is 0.746. The normalized spacial score (nSPS) is 10.2. The van der Waals surface area contributed by atoms with E-state index in [1.807, 2.05) is 24.3 Å². The smallest absolute Gasteiger partial charge is 0.150 e. The topological polar surface area (TPSA) is 20.3 Å². The van der Waals surface area contributed by atoms with Gasteiger partial charge < -0.3 is 4.90 Å². The molecule has 1 aromatic rings. The third kappa shape index (κ3) is 4.59. The van der Waals surface area contributed by atoms with Crippen molar-refractivity contribution in [3.8, 4) is 0 Å². The van der Waals surface area contributed by atoms with Gasteiger partial charge in [0.05, 0.1) is 0 Å². The van der Waals surface area contributed by atoms with Crippen LogP contribution in [-0.2, 0) is 0 Å². The molecule has 0 radical (unpaired) electrons. The fourth-order valence-electron chi connectivity index (χ4n) is 1.96. The molecule has 0 aliphatic heterocycles. The molecule has 0 fully saturated rings. The summed E-state index contributed by atoms with van der Waals surface area (Å²) in [6, 6.07) is 7.84. The second kappa shape index (κ2) is 7.88. The maximum Gasteiger partial charge on any atom is 0.150 e. The van der Waals surface area contributed by atoms with Crippen LogP contribution in [-0.4, -0.2) is 19.4 Å². The Labute approximate surface area is 105 Å². The van der Waals surface area contributed by atoms with Gasteiger partial charge >= 0.3 is 0 Å². The van der Waals surface area contributed by atoms with Gasteiger partial charge in [0.2, 0.25) is 0 Å². The molecule has 0 aliphatic rings. The van der Waals surface area contributed by atoms with Gasteiger partial charge in [-0.1, -0.05) is 26.2 Å². The fourth-order valence-corrected chi connectivity index (χ4v) is 1.96. The number of nitrogens with zero attached hydrogens (tertiary/aromatic N) is 1. The molecule has 0 aliphatic carbocycles. The molecule has 0 unspecified atom stereocenters. The Morgan fingerprint density at radius 3 is 2.29 bits per heavy atom. The van der Waals surface area contributed by atoms with Crippen molar-refractivity contribution < 1.29 is 4.79 Å².